The molecule has 0 aliphatic heterocycles. The Balaban J connectivity index is 2.27. The number of aliphatic hydroxyl groups excluding tert-OH is 1. The number of aromatic nitrogens is 1. The van der Waals surface area contributed by atoms with Crippen molar-refractivity contribution in [2.75, 3.05) is 32.8 Å². The molecule has 1 amide bonds. The average molecular weight is 500 g/mol. The molecule has 1 heterocycles. The minimum Gasteiger partial charge on any atom is -0.491 e. The molecular weight excluding hydrogens is 450 g/mol. The van der Waals surface area contributed by atoms with Crippen LogP contribution >= 0.6 is 0 Å². The van der Waals surface area contributed by atoms with Gasteiger partial charge >= 0.3 is 0 Å². The van der Waals surface area contributed by atoms with E-state index in [2.05, 4.69) is 80.7 Å². The Morgan fingerprint density at radius 1 is 1.08 bits per heavy atom. The number of carbonyl (C=O) groups excluding carboxylic acids is 1. The van der Waals surface area contributed by atoms with E-state index in [-0.39, 0.29) is 11.3 Å². The largest absolute Gasteiger partial charge is 0.491 e. The van der Waals surface area contributed by atoms with Gasteiger partial charge in [0.25, 0.3) is 5.91 Å². The first-order chi connectivity index (χ1) is 17.3. The molecule has 0 saturated heterocycles. The summed E-state index contributed by atoms with van der Waals surface area (Å²) in [7, 11) is 0. The Bertz CT molecular complexity index is 945. The van der Waals surface area contributed by atoms with Gasteiger partial charge in [0.05, 0.1) is 6.10 Å². The summed E-state index contributed by atoms with van der Waals surface area (Å²) in [5.41, 5.74) is 4.00. The van der Waals surface area contributed by atoms with Crippen molar-refractivity contribution in [3.63, 3.8) is 0 Å². The van der Waals surface area contributed by atoms with Crippen molar-refractivity contribution in [3.05, 3.63) is 52.8 Å². The van der Waals surface area contributed by atoms with Crippen LogP contribution in [-0.2, 0) is 12.0 Å². The Morgan fingerprint density at radius 3 is 2.33 bits per heavy atom. The third-order valence-electron chi connectivity index (χ3n) is 7.69. The van der Waals surface area contributed by atoms with Crippen molar-refractivity contribution in [2.45, 2.75) is 92.2 Å². The van der Waals surface area contributed by atoms with E-state index in [4.69, 9.17) is 4.74 Å². The quantitative estimate of drug-likeness (QED) is 0.298. The van der Waals surface area contributed by atoms with E-state index in [1.54, 1.807) is 0 Å². The Kier molecular flexibility index (Phi) is 12.0. The molecule has 2 N–H and O–H groups in total. The highest BCUT2D eigenvalue weighted by Gasteiger charge is 2.33. The van der Waals surface area contributed by atoms with E-state index in [1.807, 2.05) is 13.0 Å². The number of aliphatic hydroxyl groups is 1. The molecular formula is C30H49N3O3. The first-order valence-electron chi connectivity index (χ1n) is 13.9. The van der Waals surface area contributed by atoms with Crippen LogP contribution in [0.3, 0.4) is 0 Å². The van der Waals surface area contributed by atoms with Crippen molar-refractivity contribution in [3.8, 4) is 5.75 Å². The summed E-state index contributed by atoms with van der Waals surface area (Å²) in [5, 5.41) is 13.0. The lowest BCUT2D eigenvalue weighted by molar-refractivity contribution is 0.0942. The number of rotatable bonds is 16. The third kappa shape index (κ3) is 7.13. The zero-order valence-electron chi connectivity index (χ0n) is 23.7. The van der Waals surface area contributed by atoms with Crippen molar-refractivity contribution in [2.24, 2.45) is 0 Å². The molecule has 202 valence electrons. The first kappa shape index (κ1) is 29.9. The van der Waals surface area contributed by atoms with E-state index in [0.29, 0.717) is 19.6 Å². The van der Waals surface area contributed by atoms with Gasteiger partial charge in [-0.2, -0.15) is 0 Å². The maximum Gasteiger partial charge on any atom is 0.267 e. The summed E-state index contributed by atoms with van der Waals surface area (Å²) in [6.45, 7) is 19.7. The Labute approximate surface area is 219 Å². The lowest BCUT2D eigenvalue weighted by Crippen LogP contribution is -2.30. The molecule has 36 heavy (non-hydrogen) atoms. The number of ether oxygens (including phenoxy) is 1. The lowest BCUT2D eigenvalue weighted by atomic mass is 9.71. The van der Waals surface area contributed by atoms with E-state index >= 15 is 0 Å². The van der Waals surface area contributed by atoms with Gasteiger partial charge < -0.3 is 24.6 Å². The summed E-state index contributed by atoms with van der Waals surface area (Å²) < 4.78 is 7.94. The highest BCUT2D eigenvalue weighted by molar-refractivity contribution is 5.93. The molecule has 0 bridgehead atoms. The number of carbonyl (C=O) groups is 1. The van der Waals surface area contributed by atoms with Gasteiger partial charge in [-0.05, 0) is 88.0 Å². The smallest absolute Gasteiger partial charge is 0.267 e. The number of benzene rings is 1. The average Bonchev–Trinajstić information content (AvgIpc) is 3.34. The van der Waals surface area contributed by atoms with Gasteiger partial charge in [-0.1, -0.05) is 46.8 Å². The number of amides is 1. The fourth-order valence-corrected chi connectivity index (χ4v) is 5.01. The van der Waals surface area contributed by atoms with Crippen molar-refractivity contribution in [1.82, 2.24) is 14.8 Å². The minimum absolute atomic E-state index is 0.00170. The summed E-state index contributed by atoms with van der Waals surface area (Å²) in [5.74, 6) is 0.807. The van der Waals surface area contributed by atoms with Crippen LogP contribution in [0.5, 0.6) is 5.75 Å². The second-order valence-electron chi connectivity index (χ2n) is 9.68. The Morgan fingerprint density at radius 2 is 1.78 bits per heavy atom. The van der Waals surface area contributed by atoms with Gasteiger partial charge in [-0.25, -0.2) is 0 Å². The SMILES string of the molecule is CCC(O)COc1ccc(C(CC)(CC)c2cc(C(=O)NCCCN(CC)CC)n(CC)c2)cc1C. The number of aryl methyl sites for hydroxylation is 2. The summed E-state index contributed by atoms with van der Waals surface area (Å²) in [4.78, 5) is 15.5. The highest BCUT2D eigenvalue weighted by Crippen LogP contribution is 2.41. The summed E-state index contributed by atoms with van der Waals surface area (Å²) in [6.07, 6.45) is 5.18. The topological polar surface area (TPSA) is 66.7 Å². The molecule has 6 heteroatoms. The van der Waals surface area contributed by atoms with Crippen LogP contribution < -0.4 is 10.1 Å². The molecule has 1 atom stereocenters. The van der Waals surface area contributed by atoms with Gasteiger partial charge in [-0.15, -0.1) is 0 Å². The molecule has 0 fully saturated rings. The zero-order chi connectivity index (χ0) is 26.7. The molecule has 0 radical (unpaired) electrons. The maximum absolute atomic E-state index is 13.1. The van der Waals surface area contributed by atoms with Crippen LogP contribution in [0.25, 0.3) is 0 Å². The number of nitrogens with one attached hydrogen (secondary N) is 1. The zero-order valence-corrected chi connectivity index (χ0v) is 23.7. The molecule has 0 aliphatic carbocycles. The van der Waals surface area contributed by atoms with Gasteiger partial charge in [0.2, 0.25) is 0 Å². The molecule has 2 rings (SSSR count). The maximum atomic E-state index is 13.1. The standard InChI is InChI=1S/C30H49N3O3/c1-8-26(34)22-36-28-16-15-24(19-23(28)7)30(9-2,10-3)25-20-27(33(13-6)21-25)29(35)31-17-14-18-32(11-4)12-5/h15-16,19-21,26,34H,8-14,17-18,22H2,1-7H3,(H,31,35). The number of nitrogens with zero attached hydrogens (tertiary/aromatic N) is 2. The van der Waals surface area contributed by atoms with Gasteiger partial charge in [0.1, 0.15) is 18.1 Å². The van der Waals surface area contributed by atoms with E-state index < -0.39 is 6.10 Å². The normalized spacial score (nSPS) is 12.7. The second kappa shape index (κ2) is 14.4. The number of hydrogen-bond donors (Lipinski definition) is 2. The van der Waals surface area contributed by atoms with Crippen LogP contribution in [-0.4, -0.2) is 59.4 Å². The van der Waals surface area contributed by atoms with Gasteiger partial charge in [0, 0.05) is 24.7 Å². The molecule has 0 aliphatic rings. The fraction of sp³-hybridized carbons (Fsp3) is 0.633. The number of hydrogen-bond acceptors (Lipinski definition) is 4. The van der Waals surface area contributed by atoms with E-state index in [1.165, 1.54) is 11.1 Å². The van der Waals surface area contributed by atoms with Crippen LogP contribution in [0.2, 0.25) is 0 Å². The molecule has 0 spiro atoms. The molecule has 0 saturated carbocycles. The predicted molar refractivity (Wildman–Crippen MR) is 149 cm³/mol. The first-order valence-corrected chi connectivity index (χ1v) is 13.9. The summed E-state index contributed by atoms with van der Waals surface area (Å²) >= 11 is 0. The van der Waals surface area contributed by atoms with Crippen molar-refractivity contribution < 1.29 is 14.6 Å². The third-order valence-corrected chi connectivity index (χ3v) is 7.69. The van der Waals surface area contributed by atoms with Crippen molar-refractivity contribution in [1.29, 1.82) is 0 Å². The van der Waals surface area contributed by atoms with E-state index in [9.17, 15) is 9.90 Å². The van der Waals surface area contributed by atoms with Crippen molar-refractivity contribution >= 4 is 5.91 Å². The Hall–Kier alpha value is -2.31. The summed E-state index contributed by atoms with van der Waals surface area (Å²) in [6, 6.07) is 8.46. The van der Waals surface area contributed by atoms with Crippen LogP contribution in [0, 0.1) is 6.92 Å². The minimum atomic E-state index is -0.454. The molecule has 1 aromatic heterocycles. The lowest BCUT2D eigenvalue weighted by Gasteiger charge is -2.32. The van der Waals surface area contributed by atoms with Crippen LogP contribution in [0.15, 0.2) is 30.5 Å². The van der Waals surface area contributed by atoms with Gasteiger partial charge in [0.15, 0.2) is 0 Å². The van der Waals surface area contributed by atoms with E-state index in [0.717, 1.165) is 62.4 Å². The monoisotopic (exact) mass is 499 g/mol. The van der Waals surface area contributed by atoms with Gasteiger partial charge in [-0.3, -0.25) is 4.79 Å². The fourth-order valence-electron chi connectivity index (χ4n) is 5.01. The van der Waals surface area contributed by atoms with Crippen LogP contribution in [0.1, 0.15) is 94.4 Å². The highest BCUT2D eigenvalue weighted by atomic mass is 16.5. The molecule has 6 nitrogen and oxygen atoms in total. The van der Waals surface area contributed by atoms with Crippen LogP contribution in [0.4, 0.5) is 0 Å². The molecule has 1 unspecified atom stereocenters. The predicted octanol–water partition coefficient (Wildman–Crippen LogP) is 5.53. The second-order valence-corrected chi connectivity index (χ2v) is 9.68. The molecule has 2 aromatic rings. The molecule has 1 aromatic carbocycles.